The van der Waals surface area contributed by atoms with Crippen molar-refractivity contribution < 1.29 is 9.90 Å². The maximum Gasteiger partial charge on any atom is 0.308 e. The second-order valence-corrected chi connectivity index (χ2v) is 5.15. The van der Waals surface area contributed by atoms with Gasteiger partial charge < -0.3 is 10.4 Å². The molecule has 90 valence electrons. The normalized spacial score (nSPS) is 28.2. The minimum absolute atomic E-state index is 0.126. The Bertz CT molecular complexity index is 422. The van der Waals surface area contributed by atoms with Crippen molar-refractivity contribution >= 4 is 5.97 Å². The van der Waals surface area contributed by atoms with Crippen LogP contribution in [-0.2, 0) is 4.79 Å². The minimum Gasteiger partial charge on any atom is -0.481 e. The molecule has 0 radical (unpaired) electrons. The van der Waals surface area contributed by atoms with Crippen molar-refractivity contribution in [3.05, 3.63) is 35.4 Å². The van der Waals surface area contributed by atoms with Gasteiger partial charge in [0.05, 0.1) is 5.92 Å². The van der Waals surface area contributed by atoms with Gasteiger partial charge in [-0.05, 0) is 29.9 Å². The highest BCUT2D eigenvalue weighted by Crippen LogP contribution is 2.40. The molecule has 2 fully saturated rings. The number of hydrogen-bond acceptors (Lipinski definition) is 2. The van der Waals surface area contributed by atoms with Gasteiger partial charge in [0.1, 0.15) is 0 Å². The number of carbonyl (C=O) groups is 1. The summed E-state index contributed by atoms with van der Waals surface area (Å²) in [5, 5.41) is 12.3. The first-order valence-electron chi connectivity index (χ1n) is 6.29. The van der Waals surface area contributed by atoms with Gasteiger partial charge >= 0.3 is 5.97 Å². The third kappa shape index (κ3) is 2.07. The lowest BCUT2D eigenvalue weighted by Gasteiger charge is -2.15. The van der Waals surface area contributed by atoms with E-state index in [2.05, 4.69) is 29.6 Å². The van der Waals surface area contributed by atoms with Crippen molar-refractivity contribution in [3.63, 3.8) is 0 Å². The van der Waals surface area contributed by atoms with E-state index >= 15 is 0 Å². The minimum atomic E-state index is -0.689. The summed E-state index contributed by atoms with van der Waals surface area (Å²) in [4.78, 5) is 11.1. The zero-order valence-electron chi connectivity index (χ0n) is 9.73. The average molecular weight is 231 g/mol. The lowest BCUT2D eigenvalue weighted by atomic mass is 9.88. The standard InChI is InChI=1S/C14H17NO2/c16-14(17)13-8-15-7-12(13)11-5-3-10(4-6-11)9-1-2-9/h3-6,9,12-13,15H,1-2,7-8H2,(H,16,17). The molecule has 1 saturated carbocycles. The monoisotopic (exact) mass is 231 g/mol. The Morgan fingerprint density at radius 2 is 1.76 bits per heavy atom. The summed E-state index contributed by atoms with van der Waals surface area (Å²) >= 11 is 0. The molecule has 2 unspecified atom stereocenters. The molecule has 0 spiro atoms. The van der Waals surface area contributed by atoms with E-state index in [9.17, 15) is 4.79 Å². The zero-order chi connectivity index (χ0) is 11.8. The third-order valence-corrected chi connectivity index (χ3v) is 3.94. The number of benzene rings is 1. The summed E-state index contributed by atoms with van der Waals surface area (Å²) in [7, 11) is 0. The molecule has 2 atom stereocenters. The van der Waals surface area contributed by atoms with Gasteiger partial charge in [-0.15, -0.1) is 0 Å². The van der Waals surface area contributed by atoms with Crippen molar-refractivity contribution in [1.82, 2.24) is 5.32 Å². The Labute approximate surface area is 101 Å². The molecule has 1 aromatic rings. The van der Waals surface area contributed by atoms with Gasteiger partial charge in [-0.2, -0.15) is 0 Å². The zero-order valence-corrected chi connectivity index (χ0v) is 9.73. The van der Waals surface area contributed by atoms with E-state index in [1.165, 1.54) is 18.4 Å². The van der Waals surface area contributed by atoms with Crippen LogP contribution in [-0.4, -0.2) is 24.2 Å². The highest BCUT2D eigenvalue weighted by atomic mass is 16.4. The molecule has 1 saturated heterocycles. The molecule has 1 aliphatic heterocycles. The Morgan fingerprint density at radius 3 is 2.35 bits per heavy atom. The number of hydrogen-bond donors (Lipinski definition) is 2. The Morgan fingerprint density at radius 1 is 1.12 bits per heavy atom. The van der Waals surface area contributed by atoms with E-state index < -0.39 is 5.97 Å². The van der Waals surface area contributed by atoms with Gasteiger partial charge in [0, 0.05) is 19.0 Å². The first kappa shape index (κ1) is 10.8. The van der Waals surface area contributed by atoms with E-state index in [0.717, 1.165) is 18.0 Å². The van der Waals surface area contributed by atoms with Crippen molar-refractivity contribution in [2.75, 3.05) is 13.1 Å². The lowest BCUT2D eigenvalue weighted by Crippen LogP contribution is -2.20. The van der Waals surface area contributed by atoms with Gasteiger partial charge in [0.25, 0.3) is 0 Å². The first-order valence-corrected chi connectivity index (χ1v) is 6.29. The lowest BCUT2D eigenvalue weighted by molar-refractivity contribution is -0.141. The SMILES string of the molecule is O=C(O)C1CNCC1c1ccc(C2CC2)cc1. The van der Waals surface area contributed by atoms with Crippen LogP contribution < -0.4 is 5.32 Å². The summed E-state index contributed by atoms with van der Waals surface area (Å²) in [5.41, 5.74) is 2.57. The van der Waals surface area contributed by atoms with Gasteiger partial charge in [-0.25, -0.2) is 0 Å². The van der Waals surface area contributed by atoms with E-state index in [-0.39, 0.29) is 11.8 Å². The van der Waals surface area contributed by atoms with Gasteiger partial charge in [0.15, 0.2) is 0 Å². The summed E-state index contributed by atoms with van der Waals surface area (Å²) in [6.07, 6.45) is 2.62. The van der Waals surface area contributed by atoms with E-state index in [1.807, 2.05) is 0 Å². The van der Waals surface area contributed by atoms with Gasteiger partial charge in [0.2, 0.25) is 0 Å². The first-order chi connectivity index (χ1) is 8.25. The van der Waals surface area contributed by atoms with Crippen LogP contribution in [0.15, 0.2) is 24.3 Å². The number of aliphatic carboxylic acids is 1. The summed E-state index contributed by atoms with van der Waals surface area (Å²) < 4.78 is 0. The molecule has 0 aromatic heterocycles. The van der Waals surface area contributed by atoms with Crippen LogP contribution in [0.25, 0.3) is 0 Å². The molecule has 0 amide bonds. The number of rotatable bonds is 3. The molecule has 1 heterocycles. The molecule has 17 heavy (non-hydrogen) atoms. The van der Waals surface area contributed by atoms with Crippen molar-refractivity contribution in [3.8, 4) is 0 Å². The van der Waals surface area contributed by atoms with Crippen molar-refractivity contribution in [1.29, 1.82) is 0 Å². The number of carboxylic acids is 1. The fourth-order valence-corrected chi connectivity index (χ4v) is 2.72. The van der Waals surface area contributed by atoms with Crippen LogP contribution in [0.1, 0.15) is 35.8 Å². The predicted molar refractivity (Wildman–Crippen MR) is 65.2 cm³/mol. The fraction of sp³-hybridized carbons (Fsp3) is 0.500. The van der Waals surface area contributed by atoms with Crippen LogP contribution >= 0.6 is 0 Å². The molecule has 2 aliphatic rings. The van der Waals surface area contributed by atoms with E-state index in [4.69, 9.17) is 5.11 Å². The second-order valence-electron chi connectivity index (χ2n) is 5.15. The van der Waals surface area contributed by atoms with Crippen LogP contribution in [0.2, 0.25) is 0 Å². The Balaban J connectivity index is 1.80. The van der Waals surface area contributed by atoms with Crippen LogP contribution in [0.4, 0.5) is 0 Å². The quantitative estimate of drug-likeness (QED) is 0.836. The van der Waals surface area contributed by atoms with E-state index in [0.29, 0.717) is 6.54 Å². The molecule has 3 rings (SSSR count). The molecular formula is C14H17NO2. The topological polar surface area (TPSA) is 49.3 Å². The van der Waals surface area contributed by atoms with Crippen molar-refractivity contribution in [2.24, 2.45) is 5.92 Å². The molecule has 3 nitrogen and oxygen atoms in total. The van der Waals surface area contributed by atoms with Gasteiger partial charge in [-0.1, -0.05) is 24.3 Å². The van der Waals surface area contributed by atoms with Crippen LogP contribution in [0, 0.1) is 5.92 Å². The third-order valence-electron chi connectivity index (χ3n) is 3.94. The highest BCUT2D eigenvalue weighted by molar-refractivity contribution is 5.72. The summed E-state index contributed by atoms with van der Waals surface area (Å²) in [5.74, 6) is -0.0742. The van der Waals surface area contributed by atoms with Crippen LogP contribution in [0.5, 0.6) is 0 Å². The highest BCUT2D eigenvalue weighted by Gasteiger charge is 2.34. The number of carboxylic acid groups (broad SMARTS) is 1. The maximum atomic E-state index is 11.1. The second kappa shape index (κ2) is 4.15. The van der Waals surface area contributed by atoms with Crippen LogP contribution in [0.3, 0.4) is 0 Å². The maximum absolute atomic E-state index is 11.1. The molecule has 2 N–H and O–H groups in total. The molecule has 1 aromatic carbocycles. The number of nitrogens with one attached hydrogen (secondary N) is 1. The molecule has 0 bridgehead atoms. The van der Waals surface area contributed by atoms with Gasteiger partial charge in [-0.3, -0.25) is 4.79 Å². The Kier molecular flexibility index (Phi) is 2.63. The molecule has 3 heteroatoms. The predicted octanol–water partition coefficient (Wildman–Crippen LogP) is 1.95. The van der Waals surface area contributed by atoms with Crippen molar-refractivity contribution in [2.45, 2.75) is 24.7 Å². The fourth-order valence-electron chi connectivity index (χ4n) is 2.72. The average Bonchev–Trinajstić information content (AvgIpc) is 3.06. The summed E-state index contributed by atoms with van der Waals surface area (Å²) in [6.45, 7) is 1.37. The largest absolute Gasteiger partial charge is 0.481 e. The molecular weight excluding hydrogens is 214 g/mol. The smallest absolute Gasteiger partial charge is 0.308 e. The van der Waals surface area contributed by atoms with E-state index in [1.54, 1.807) is 0 Å². The Hall–Kier alpha value is -1.35. The molecule has 1 aliphatic carbocycles. The summed E-state index contributed by atoms with van der Waals surface area (Å²) in [6, 6.07) is 8.57.